The lowest BCUT2D eigenvalue weighted by Crippen LogP contribution is -1.87. The maximum atomic E-state index is 11.1. The summed E-state index contributed by atoms with van der Waals surface area (Å²) in [5, 5.41) is 13.7. The molecule has 7 heteroatoms. The van der Waals surface area contributed by atoms with Crippen molar-refractivity contribution in [2.75, 3.05) is 0 Å². The van der Waals surface area contributed by atoms with Gasteiger partial charge >= 0.3 is 0 Å². The molecule has 0 aliphatic carbocycles. The maximum Gasteiger partial charge on any atom is 0.269 e. The van der Waals surface area contributed by atoms with Crippen molar-refractivity contribution in [2.24, 2.45) is 5.18 Å². The number of hydrogen-bond donors (Lipinski definition) is 0. The van der Waals surface area contributed by atoms with E-state index >= 15 is 0 Å². The first-order valence-electron chi connectivity index (χ1n) is 6.17. The number of aryl methyl sites for hydroxylation is 1. The van der Waals surface area contributed by atoms with E-state index in [0.717, 1.165) is 5.56 Å². The topological polar surface area (TPSA) is 89.9 Å². The van der Waals surface area contributed by atoms with Gasteiger partial charge in [0.05, 0.1) is 4.92 Å². The van der Waals surface area contributed by atoms with Gasteiger partial charge in [0.25, 0.3) is 5.69 Å². The number of rotatable bonds is 3. The number of pyridine rings is 1. The summed E-state index contributed by atoms with van der Waals surface area (Å²) >= 11 is 0. The first-order chi connectivity index (χ1) is 10.1. The molecule has 0 unspecified atom stereocenters. The smallest absolute Gasteiger partial charge is 0.269 e. The highest BCUT2D eigenvalue weighted by molar-refractivity contribution is 5.75. The number of hydrogen-bond acceptors (Lipinski definition) is 5. The predicted molar refractivity (Wildman–Crippen MR) is 77.5 cm³/mol. The van der Waals surface area contributed by atoms with E-state index in [9.17, 15) is 15.0 Å². The standard InChI is InChI=1S/C14H10N4O3/c1-9-2-7-12-15-13(14(16-19)17(12)8-9)10-3-5-11(6-4-10)18(20)21/h2-8H,1H3. The van der Waals surface area contributed by atoms with Crippen LogP contribution in [0.2, 0.25) is 0 Å². The summed E-state index contributed by atoms with van der Waals surface area (Å²) < 4.78 is 1.61. The third-order valence-corrected chi connectivity index (χ3v) is 3.18. The normalized spacial score (nSPS) is 10.7. The second-order valence-electron chi connectivity index (χ2n) is 4.61. The van der Waals surface area contributed by atoms with Crippen LogP contribution in [0.4, 0.5) is 11.5 Å². The van der Waals surface area contributed by atoms with E-state index in [1.165, 1.54) is 12.1 Å². The molecule has 0 radical (unpaired) electrons. The molecule has 2 aromatic heterocycles. The van der Waals surface area contributed by atoms with E-state index in [2.05, 4.69) is 10.2 Å². The zero-order chi connectivity index (χ0) is 15.0. The molecule has 0 saturated carbocycles. The third-order valence-electron chi connectivity index (χ3n) is 3.18. The van der Waals surface area contributed by atoms with Crippen LogP contribution in [0.15, 0.2) is 47.8 Å². The SMILES string of the molecule is Cc1ccc2nc(-c3ccc([N+](=O)[O-])cc3)c(N=O)n2c1. The molecule has 0 aliphatic rings. The summed E-state index contributed by atoms with van der Waals surface area (Å²) in [6, 6.07) is 9.54. The summed E-state index contributed by atoms with van der Waals surface area (Å²) in [5.74, 6) is 0.183. The summed E-state index contributed by atoms with van der Waals surface area (Å²) in [4.78, 5) is 25.7. The molecule has 0 aliphatic heterocycles. The van der Waals surface area contributed by atoms with Gasteiger partial charge in [0, 0.05) is 23.9 Å². The molecular formula is C14H10N4O3. The van der Waals surface area contributed by atoms with Crippen LogP contribution in [0.3, 0.4) is 0 Å². The van der Waals surface area contributed by atoms with Crippen molar-refractivity contribution >= 4 is 17.2 Å². The van der Waals surface area contributed by atoms with Crippen molar-refractivity contribution in [3.8, 4) is 11.3 Å². The number of imidazole rings is 1. The minimum atomic E-state index is -0.476. The number of nitroso groups, excluding NO2 is 1. The maximum absolute atomic E-state index is 11.1. The van der Waals surface area contributed by atoms with Crippen LogP contribution in [0, 0.1) is 21.9 Å². The van der Waals surface area contributed by atoms with Crippen LogP contribution in [0.1, 0.15) is 5.56 Å². The summed E-state index contributed by atoms with van der Waals surface area (Å²) in [7, 11) is 0. The highest BCUT2D eigenvalue weighted by Crippen LogP contribution is 2.31. The fourth-order valence-corrected chi connectivity index (χ4v) is 2.16. The van der Waals surface area contributed by atoms with Crippen molar-refractivity contribution in [1.29, 1.82) is 0 Å². The monoisotopic (exact) mass is 282 g/mol. The van der Waals surface area contributed by atoms with E-state index in [1.54, 1.807) is 28.8 Å². The van der Waals surface area contributed by atoms with Crippen LogP contribution in [0.25, 0.3) is 16.9 Å². The number of aromatic nitrogens is 2. The Bertz CT molecular complexity index is 853. The van der Waals surface area contributed by atoms with Crippen LogP contribution in [-0.4, -0.2) is 14.3 Å². The first kappa shape index (κ1) is 12.9. The van der Waals surface area contributed by atoms with Crippen LogP contribution in [-0.2, 0) is 0 Å². The van der Waals surface area contributed by atoms with Crippen LogP contribution in [0.5, 0.6) is 0 Å². The van der Waals surface area contributed by atoms with E-state index in [0.29, 0.717) is 16.9 Å². The Kier molecular flexibility index (Phi) is 2.94. The van der Waals surface area contributed by atoms with Crippen LogP contribution < -0.4 is 0 Å². The fraction of sp³-hybridized carbons (Fsp3) is 0.0714. The number of nitrogens with zero attached hydrogens (tertiary/aromatic N) is 4. The molecule has 3 rings (SSSR count). The van der Waals surface area contributed by atoms with Gasteiger partial charge < -0.3 is 0 Å². The molecular weight excluding hydrogens is 272 g/mol. The second-order valence-corrected chi connectivity index (χ2v) is 4.61. The van der Waals surface area contributed by atoms with Crippen molar-refractivity contribution < 1.29 is 4.92 Å². The van der Waals surface area contributed by atoms with Crippen molar-refractivity contribution in [3.63, 3.8) is 0 Å². The van der Waals surface area contributed by atoms with E-state index in [1.807, 2.05) is 13.0 Å². The number of nitro groups is 1. The van der Waals surface area contributed by atoms with Gasteiger partial charge in [0.15, 0.2) is 0 Å². The minimum absolute atomic E-state index is 0.0148. The van der Waals surface area contributed by atoms with E-state index < -0.39 is 4.92 Å². The Hall–Kier alpha value is -3.09. The van der Waals surface area contributed by atoms with Gasteiger partial charge in [-0.2, -0.15) is 0 Å². The van der Waals surface area contributed by atoms with Crippen molar-refractivity contribution in [3.05, 3.63) is 63.2 Å². The van der Waals surface area contributed by atoms with Gasteiger partial charge in [0.1, 0.15) is 11.3 Å². The Morgan fingerprint density at radius 2 is 1.90 bits per heavy atom. The van der Waals surface area contributed by atoms with Crippen molar-refractivity contribution in [2.45, 2.75) is 6.92 Å². The lowest BCUT2D eigenvalue weighted by Gasteiger charge is -1.98. The molecule has 7 nitrogen and oxygen atoms in total. The third kappa shape index (κ3) is 2.14. The fourth-order valence-electron chi connectivity index (χ4n) is 2.16. The summed E-state index contributed by atoms with van der Waals surface area (Å²) in [6.45, 7) is 1.90. The van der Waals surface area contributed by atoms with Gasteiger partial charge in [-0.15, -0.1) is 4.91 Å². The van der Waals surface area contributed by atoms with E-state index in [-0.39, 0.29) is 11.5 Å². The van der Waals surface area contributed by atoms with Gasteiger partial charge in [-0.1, -0.05) is 6.07 Å². The molecule has 0 N–H and O–H groups in total. The second kappa shape index (κ2) is 4.78. The van der Waals surface area contributed by atoms with Gasteiger partial charge in [-0.05, 0) is 35.9 Å². The Morgan fingerprint density at radius 3 is 2.52 bits per heavy atom. The van der Waals surface area contributed by atoms with Crippen LogP contribution >= 0.6 is 0 Å². The van der Waals surface area contributed by atoms with Gasteiger partial charge in [-0.25, -0.2) is 4.98 Å². The average Bonchev–Trinajstić information content (AvgIpc) is 2.85. The van der Waals surface area contributed by atoms with Crippen molar-refractivity contribution in [1.82, 2.24) is 9.38 Å². The lowest BCUT2D eigenvalue weighted by molar-refractivity contribution is -0.384. The zero-order valence-electron chi connectivity index (χ0n) is 11.1. The lowest BCUT2D eigenvalue weighted by atomic mass is 10.1. The molecule has 0 bridgehead atoms. The molecule has 0 saturated heterocycles. The van der Waals surface area contributed by atoms with Gasteiger partial charge in [0.2, 0.25) is 5.82 Å². The van der Waals surface area contributed by atoms with E-state index in [4.69, 9.17) is 0 Å². The Balaban J connectivity index is 2.19. The molecule has 0 amide bonds. The molecule has 104 valence electrons. The predicted octanol–water partition coefficient (Wildman–Crippen LogP) is 3.62. The minimum Gasteiger partial charge on any atom is -0.281 e. The zero-order valence-corrected chi connectivity index (χ0v) is 11.1. The molecule has 2 heterocycles. The number of fused-ring (bicyclic) bond motifs is 1. The molecule has 3 aromatic rings. The Morgan fingerprint density at radius 1 is 1.19 bits per heavy atom. The number of non-ortho nitro benzene ring substituents is 1. The molecule has 1 aromatic carbocycles. The number of benzene rings is 1. The summed E-state index contributed by atoms with van der Waals surface area (Å²) in [5.41, 5.74) is 2.57. The molecule has 0 fully saturated rings. The Labute approximate surface area is 119 Å². The molecule has 21 heavy (non-hydrogen) atoms. The summed E-state index contributed by atoms with van der Waals surface area (Å²) in [6.07, 6.45) is 1.77. The number of nitro benzene ring substituents is 1. The first-order valence-corrected chi connectivity index (χ1v) is 6.17. The molecule has 0 atom stereocenters. The largest absolute Gasteiger partial charge is 0.281 e. The highest BCUT2D eigenvalue weighted by Gasteiger charge is 2.16. The highest BCUT2D eigenvalue weighted by atomic mass is 16.6. The quantitative estimate of drug-likeness (QED) is 0.417. The average molecular weight is 282 g/mol. The van der Waals surface area contributed by atoms with Gasteiger partial charge in [-0.3, -0.25) is 14.5 Å². The molecule has 0 spiro atoms.